The van der Waals surface area contributed by atoms with Crippen molar-refractivity contribution in [2.75, 3.05) is 6.54 Å². The zero-order valence-corrected chi connectivity index (χ0v) is 10.8. The SMILES string of the molecule is CCCNC(=O)c1cc(C(C)(C)C)oc1C. The summed E-state index contributed by atoms with van der Waals surface area (Å²) < 4.78 is 5.62. The number of amides is 1. The van der Waals surface area contributed by atoms with Crippen LogP contribution in [-0.2, 0) is 5.41 Å². The summed E-state index contributed by atoms with van der Waals surface area (Å²) in [7, 11) is 0. The van der Waals surface area contributed by atoms with Gasteiger partial charge in [0.15, 0.2) is 0 Å². The molecule has 0 aliphatic heterocycles. The summed E-state index contributed by atoms with van der Waals surface area (Å²) in [5.74, 6) is 1.50. The van der Waals surface area contributed by atoms with Gasteiger partial charge in [-0.1, -0.05) is 27.7 Å². The Balaban J connectivity index is 2.90. The van der Waals surface area contributed by atoms with E-state index in [2.05, 4.69) is 26.1 Å². The van der Waals surface area contributed by atoms with E-state index in [1.165, 1.54) is 0 Å². The van der Waals surface area contributed by atoms with Gasteiger partial charge in [-0.05, 0) is 19.4 Å². The van der Waals surface area contributed by atoms with Crippen LogP contribution in [0.5, 0.6) is 0 Å². The highest BCUT2D eigenvalue weighted by atomic mass is 16.3. The van der Waals surface area contributed by atoms with Gasteiger partial charge in [0, 0.05) is 12.0 Å². The number of carbonyl (C=O) groups is 1. The lowest BCUT2D eigenvalue weighted by atomic mass is 9.93. The molecule has 0 saturated heterocycles. The van der Waals surface area contributed by atoms with Crippen LogP contribution in [0.1, 0.15) is 56.0 Å². The van der Waals surface area contributed by atoms with Gasteiger partial charge < -0.3 is 9.73 Å². The molecule has 1 amide bonds. The molecule has 3 nitrogen and oxygen atoms in total. The van der Waals surface area contributed by atoms with Crippen LogP contribution >= 0.6 is 0 Å². The molecule has 0 atom stereocenters. The summed E-state index contributed by atoms with van der Waals surface area (Å²) in [5, 5.41) is 2.86. The molecule has 0 radical (unpaired) electrons. The third-order valence-corrected chi connectivity index (χ3v) is 2.44. The summed E-state index contributed by atoms with van der Waals surface area (Å²) in [5.41, 5.74) is 0.590. The molecule has 1 N–H and O–H groups in total. The van der Waals surface area contributed by atoms with E-state index in [0.717, 1.165) is 12.2 Å². The average Bonchev–Trinajstić information content (AvgIpc) is 2.56. The first-order valence-electron chi connectivity index (χ1n) is 5.75. The minimum absolute atomic E-state index is 0.0430. The molecule has 0 aliphatic carbocycles. The molecule has 0 spiro atoms. The van der Waals surface area contributed by atoms with Gasteiger partial charge in [-0.2, -0.15) is 0 Å². The Hall–Kier alpha value is -1.25. The number of hydrogen-bond donors (Lipinski definition) is 1. The zero-order chi connectivity index (χ0) is 12.3. The molecular formula is C13H21NO2. The molecule has 0 saturated carbocycles. The summed E-state index contributed by atoms with van der Waals surface area (Å²) >= 11 is 0. The van der Waals surface area contributed by atoms with Crippen LogP contribution in [0.3, 0.4) is 0 Å². The molecule has 0 aromatic carbocycles. The quantitative estimate of drug-likeness (QED) is 0.855. The fourth-order valence-electron chi connectivity index (χ4n) is 1.41. The molecule has 3 heteroatoms. The Morgan fingerprint density at radius 3 is 2.50 bits per heavy atom. The molecule has 1 heterocycles. The summed E-state index contributed by atoms with van der Waals surface area (Å²) in [6, 6.07) is 1.85. The number of furan rings is 1. The molecule has 16 heavy (non-hydrogen) atoms. The van der Waals surface area contributed by atoms with Gasteiger partial charge in [0.2, 0.25) is 0 Å². The van der Waals surface area contributed by atoms with E-state index in [0.29, 0.717) is 17.9 Å². The van der Waals surface area contributed by atoms with Crippen LogP contribution in [0.25, 0.3) is 0 Å². The van der Waals surface area contributed by atoms with E-state index in [1.807, 2.05) is 19.9 Å². The lowest BCUT2D eigenvalue weighted by Crippen LogP contribution is -2.24. The lowest BCUT2D eigenvalue weighted by Gasteiger charge is -2.13. The Labute approximate surface area is 97.2 Å². The van der Waals surface area contributed by atoms with E-state index in [9.17, 15) is 4.79 Å². The van der Waals surface area contributed by atoms with Crippen molar-refractivity contribution in [2.45, 2.75) is 46.5 Å². The van der Waals surface area contributed by atoms with Crippen molar-refractivity contribution in [3.05, 3.63) is 23.2 Å². The number of rotatable bonds is 3. The van der Waals surface area contributed by atoms with Gasteiger partial charge >= 0.3 is 0 Å². The average molecular weight is 223 g/mol. The number of aryl methyl sites for hydroxylation is 1. The summed E-state index contributed by atoms with van der Waals surface area (Å²) in [6.45, 7) is 10.8. The number of hydrogen-bond acceptors (Lipinski definition) is 2. The largest absolute Gasteiger partial charge is 0.465 e. The fraction of sp³-hybridized carbons (Fsp3) is 0.615. The van der Waals surface area contributed by atoms with Crippen LogP contribution in [0.2, 0.25) is 0 Å². The molecule has 0 unspecified atom stereocenters. The predicted molar refractivity (Wildman–Crippen MR) is 64.8 cm³/mol. The van der Waals surface area contributed by atoms with Gasteiger partial charge in [0.05, 0.1) is 5.56 Å². The van der Waals surface area contributed by atoms with Crippen LogP contribution in [-0.4, -0.2) is 12.5 Å². The van der Waals surface area contributed by atoms with E-state index < -0.39 is 0 Å². The lowest BCUT2D eigenvalue weighted by molar-refractivity contribution is 0.0952. The third-order valence-electron chi connectivity index (χ3n) is 2.44. The van der Waals surface area contributed by atoms with Gasteiger partial charge in [-0.25, -0.2) is 0 Å². The smallest absolute Gasteiger partial charge is 0.254 e. The van der Waals surface area contributed by atoms with Crippen LogP contribution in [0.4, 0.5) is 0 Å². The van der Waals surface area contributed by atoms with Crippen molar-refractivity contribution in [2.24, 2.45) is 0 Å². The van der Waals surface area contributed by atoms with Gasteiger partial charge in [-0.15, -0.1) is 0 Å². The highest BCUT2D eigenvalue weighted by Crippen LogP contribution is 2.26. The van der Waals surface area contributed by atoms with Crippen molar-refractivity contribution in [1.82, 2.24) is 5.32 Å². The Bertz CT molecular complexity index is 372. The minimum Gasteiger partial charge on any atom is -0.465 e. The molecule has 0 aliphatic rings. The maximum absolute atomic E-state index is 11.8. The molecule has 0 bridgehead atoms. The fourth-order valence-corrected chi connectivity index (χ4v) is 1.41. The second-order valence-electron chi connectivity index (χ2n) is 5.09. The Morgan fingerprint density at radius 1 is 1.44 bits per heavy atom. The number of carbonyl (C=O) groups excluding carboxylic acids is 1. The van der Waals surface area contributed by atoms with Crippen molar-refractivity contribution < 1.29 is 9.21 Å². The topological polar surface area (TPSA) is 42.2 Å². The summed E-state index contributed by atoms with van der Waals surface area (Å²) in [6.07, 6.45) is 0.939. The molecule has 1 rings (SSSR count). The molecule has 0 fully saturated rings. The first kappa shape index (κ1) is 12.8. The standard InChI is InChI=1S/C13H21NO2/c1-6-7-14-12(15)10-8-11(13(3,4)5)16-9(10)2/h8H,6-7H2,1-5H3,(H,14,15). The van der Waals surface area contributed by atoms with Gasteiger partial charge in [-0.3, -0.25) is 4.79 Å². The highest BCUT2D eigenvalue weighted by molar-refractivity contribution is 5.95. The minimum atomic E-state index is -0.0615. The normalized spacial score (nSPS) is 11.6. The van der Waals surface area contributed by atoms with Crippen molar-refractivity contribution in [1.29, 1.82) is 0 Å². The van der Waals surface area contributed by atoms with Gasteiger partial charge in [0.25, 0.3) is 5.91 Å². The second kappa shape index (κ2) is 4.73. The molecular weight excluding hydrogens is 202 g/mol. The first-order chi connectivity index (χ1) is 7.36. The van der Waals surface area contributed by atoms with Crippen molar-refractivity contribution in [3.63, 3.8) is 0 Å². The second-order valence-corrected chi connectivity index (χ2v) is 5.09. The first-order valence-corrected chi connectivity index (χ1v) is 5.75. The van der Waals surface area contributed by atoms with Crippen LogP contribution in [0, 0.1) is 6.92 Å². The van der Waals surface area contributed by atoms with E-state index >= 15 is 0 Å². The molecule has 90 valence electrons. The van der Waals surface area contributed by atoms with E-state index in [-0.39, 0.29) is 11.3 Å². The van der Waals surface area contributed by atoms with Crippen molar-refractivity contribution in [3.8, 4) is 0 Å². The maximum Gasteiger partial charge on any atom is 0.254 e. The Morgan fingerprint density at radius 2 is 2.06 bits per heavy atom. The number of nitrogens with one attached hydrogen (secondary N) is 1. The predicted octanol–water partition coefficient (Wildman–Crippen LogP) is 3.03. The Kier molecular flexibility index (Phi) is 3.79. The van der Waals surface area contributed by atoms with Gasteiger partial charge in [0.1, 0.15) is 11.5 Å². The highest BCUT2D eigenvalue weighted by Gasteiger charge is 2.22. The van der Waals surface area contributed by atoms with Crippen LogP contribution in [0.15, 0.2) is 10.5 Å². The third kappa shape index (κ3) is 2.87. The molecule has 1 aromatic rings. The van der Waals surface area contributed by atoms with Crippen molar-refractivity contribution >= 4 is 5.91 Å². The zero-order valence-electron chi connectivity index (χ0n) is 10.8. The van der Waals surface area contributed by atoms with E-state index in [1.54, 1.807) is 0 Å². The molecule has 1 aromatic heterocycles. The summed E-state index contributed by atoms with van der Waals surface area (Å²) in [4.78, 5) is 11.8. The maximum atomic E-state index is 11.8. The monoisotopic (exact) mass is 223 g/mol. The van der Waals surface area contributed by atoms with E-state index in [4.69, 9.17) is 4.42 Å². The van der Waals surface area contributed by atoms with Crippen LogP contribution < -0.4 is 5.32 Å².